The number of hydrogen-bond donors (Lipinski definition) is 1. The quantitative estimate of drug-likeness (QED) is 0.870. The molecule has 0 spiro atoms. The summed E-state index contributed by atoms with van der Waals surface area (Å²) in [7, 11) is -3.41. The fourth-order valence-corrected chi connectivity index (χ4v) is 3.42. The van der Waals surface area contributed by atoms with Crippen LogP contribution in [0.2, 0.25) is 0 Å². The van der Waals surface area contributed by atoms with Crippen LogP contribution in [0.15, 0.2) is 24.3 Å². The van der Waals surface area contributed by atoms with Crippen molar-refractivity contribution in [3.8, 4) is 0 Å². The molecule has 0 unspecified atom stereocenters. The lowest BCUT2D eigenvalue weighted by atomic mass is 10.2. The van der Waals surface area contributed by atoms with E-state index in [0.29, 0.717) is 18.5 Å². The Kier molecular flexibility index (Phi) is 3.46. The van der Waals surface area contributed by atoms with Crippen LogP contribution in [0.25, 0.3) is 0 Å². The summed E-state index contributed by atoms with van der Waals surface area (Å²) < 4.78 is 37.9. The SMILES string of the molecule is O=S(=O)(Cc1ccc(F)cc1)N1CC[C@@H](O)C1. The molecule has 1 atom stereocenters. The van der Waals surface area contributed by atoms with Crippen molar-refractivity contribution in [2.24, 2.45) is 0 Å². The molecule has 0 saturated carbocycles. The second-order valence-electron chi connectivity index (χ2n) is 4.18. The molecule has 2 rings (SSSR count). The predicted molar refractivity (Wildman–Crippen MR) is 61.2 cm³/mol. The molecule has 6 heteroatoms. The van der Waals surface area contributed by atoms with E-state index in [2.05, 4.69) is 0 Å². The van der Waals surface area contributed by atoms with Crippen LogP contribution in [0.5, 0.6) is 0 Å². The number of hydrogen-bond acceptors (Lipinski definition) is 3. The largest absolute Gasteiger partial charge is 0.392 e. The minimum atomic E-state index is -3.41. The van der Waals surface area contributed by atoms with Crippen LogP contribution in [0, 0.1) is 5.82 Å². The van der Waals surface area contributed by atoms with Crippen molar-refractivity contribution in [3.63, 3.8) is 0 Å². The number of nitrogens with zero attached hydrogens (tertiary/aromatic N) is 1. The maximum Gasteiger partial charge on any atom is 0.218 e. The third-order valence-corrected chi connectivity index (χ3v) is 4.60. The van der Waals surface area contributed by atoms with Crippen LogP contribution in [0.3, 0.4) is 0 Å². The maximum atomic E-state index is 12.7. The van der Waals surface area contributed by atoms with Gasteiger partial charge < -0.3 is 5.11 Å². The van der Waals surface area contributed by atoms with Gasteiger partial charge in [-0.25, -0.2) is 12.8 Å². The van der Waals surface area contributed by atoms with Gasteiger partial charge >= 0.3 is 0 Å². The summed E-state index contributed by atoms with van der Waals surface area (Å²) in [6.45, 7) is 0.508. The zero-order chi connectivity index (χ0) is 12.5. The fraction of sp³-hybridized carbons (Fsp3) is 0.455. The Morgan fingerprint density at radius 3 is 2.53 bits per heavy atom. The molecule has 94 valence electrons. The fourth-order valence-electron chi connectivity index (χ4n) is 1.85. The first kappa shape index (κ1) is 12.5. The van der Waals surface area contributed by atoms with Crippen LogP contribution in [0.4, 0.5) is 4.39 Å². The molecule has 1 heterocycles. The van der Waals surface area contributed by atoms with E-state index in [4.69, 9.17) is 0 Å². The van der Waals surface area contributed by atoms with Gasteiger partial charge in [-0.2, -0.15) is 4.31 Å². The van der Waals surface area contributed by atoms with Crippen LogP contribution in [-0.2, 0) is 15.8 Å². The summed E-state index contributed by atoms with van der Waals surface area (Å²) in [6, 6.07) is 5.39. The van der Waals surface area contributed by atoms with Gasteiger partial charge in [-0.15, -0.1) is 0 Å². The van der Waals surface area contributed by atoms with Gasteiger partial charge in [0.05, 0.1) is 11.9 Å². The van der Waals surface area contributed by atoms with Gasteiger partial charge in [0.1, 0.15) is 5.82 Å². The molecule has 0 aliphatic carbocycles. The van der Waals surface area contributed by atoms with E-state index in [1.165, 1.54) is 28.6 Å². The highest BCUT2D eigenvalue weighted by atomic mass is 32.2. The molecular formula is C11H14FNO3S. The van der Waals surface area contributed by atoms with Gasteiger partial charge in [-0.05, 0) is 24.1 Å². The Morgan fingerprint density at radius 1 is 1.35 bits per heavy atom. The third kappa shape index (κ3) is 3.02. The maximum absolute atomic E-state index is 12.7. The van der Waals surface area contributed by atoms with Gasteiger partial charge in [0.2, 0.25) is 10.0 Å². The van der Waals surface area contributed by atoms with Crippen molar-refractivity contribution in [1.82, 2.24) is 4.31 Å². The number of sulfonamides is 1. The third-order valence-electron chi connectivity index (χ3n) is 2.78. The number of benzene rings is 1. The molecular weight excluding hydrogens is 245 g/mol. The van der Waals surface area contributed by atoms with Crippen molar-refractivity contribution in [1.29, 1.82) is 0 Å². The number of aliphatic hydroxyl groups excluding tert-OH is 1. The minimum Gasteiger partial charge on any atom is -0.392 e. The molecule has 4 nitrogen and oxygen atoms in total. The number of halogens is 1. The van der Waals surface area contributed by atoms with Crippen LogP contribution in [0.1, 0.15) is 12.0 Å². The Morgan fingerprint density at radius 2 is 2.00 bits per heavy atom. The monoisotopic (exact) mass is 259 g/mol. The Balaban J connectivity index is 2.09. The molecule has 1 aromatic carbocycles. The predicted octanol–water partition coefficient (Wildman–Crippen LogP) is 0.722. The molecule has 0 aromatic heterocycles. The van der Waals surface area contributed by atoms with Crippen LogP contribution < -0.4 is 0 Å². The summed E-state index contributed by atoms with van der Waals surface area (Å²) in [5.74, 6) is -0.539. The van der Waals surface area contributed by atoms with Crippen molar-refractivity contribution in [3.05, 3.63) is 35.6 Å². The zero-order valence-electron chi connectivity index (χ0n) is 9.21. The van der Waals surface area contributed by atoms with E-state index in [-0.39, 0.29) is 18.1 Å². The lowest BCUT2D eigenvalue weighted by Gasteiger charge is -2.15. The van der Waals surface area contributed by atoms with Crippen molar-refractivity contribution in [2.45, 2.75) is 18.3 Å². The standard InChI is InChI=1S/C11H14FNO3S/c12-10-3-1-9(2-4-10)8-17(15,16)13-6-5-11(14)7-13/h1-4,11,14H,5-8H2/t11-/m1/s1. The molecule has 1 aliphatic heterocycles. The Hall–Kier alpha value is -0.980. The van der Waals surface area contributed by atoms with Gasteiger partial charge in [-0.3, -0.25) is 0 Å². The van der Waals surface area contributed by atoms with Gasteiger partial charge in [0.25, 0.3) is 0 Å². The van der Waals surface area contributed by atoms with Crippen molar-refractivity contribution >= 4 is 10.0 Å². The van der Waals surface area contributed by atoms with E-state index in [1.54, 1.807) is 0 Å². The van der Waals surface area contributed by atoms with E-state index in [1.807, 2.05) is 0 Å². The molecule has 0 radical (unpaired) electrons. The van der Waals surface area contributed by atoms with E-state index >= 15 is 0 Å². The summed E-state index contributed by atoms with van der Waals surface area (Å²) in [5.41, 5.74) is 0.549. The molecule has 0 bridgehead atoms. The Bertz CT molecular complexity index is 486. The molecule has 17 heavy (non-hydrogen) atoms. The number of β-amino-alcohol motifs (C(OH)–C–C–N with tert-alkyl or cyclic N) is 1. The van der Waals surface area contributed by atoms with Gasteiger partial charge in [0, 0.05) is 13.1 Å². The van der Waals surface area contributed by atoms with Crippen LogP contribution in [-0.4, -0.2) is 37.0 Å². The summed E-state index contributed by atoms with van der Waals surface area (Å²) in [4.78, 5) is 0. The second-order valence-corrected chi connectivity index (χ2v) is 6.15. The van der Waals surface area contributed by atoms with Gasteiger partial charge in [-0.1, -0.05) is 12.1 Å². The lowest BCUT2D eigenvalue weighted by molar-refractivity contribution is 0.189. The smallest absolute Gasteiger partial charge is 0.218 e. The van der Waals surface area contributed by atoms with Crippen LogP contribution >= 0.6 is 0 Å². The highest BCUT2D eigenvalue weighted by Gasteiger charge is 2.30. The molecule has 1 N–H and O–H groups in total. The highest BCUT2D eigenvalue weighted by molar-refractivity contribution is 7.88. The first-order chi connectivity index (χ1) is 7.97. The Labute approximate surface area is 99.7 Å². The zero-order valence-corrected chi connectivity index (χ0v) is 10.0. The molecule has 1 aliphatic rings. The number of aliphatic hydroxyl groups is 1. The number of rotatable bonds is 3. The second kappa shape index (κ2) is 4.72. The van der Waals surface area contributed by atoms with Crippen molar-refractivity contribution in [2.75, 3.05) is 13.1 Å². The minimum absolute atomic E-state index is 0.153. The summed E-state index contributed by atoms with van der Waals surface area (Å²) >= 11 is 0. The molecule has 1 fully saturated rings. The highest BCUT2D eigenvalue weighted by Crippen LogP contribution is 2.17. The molecule has 1 aromatic rings. The van der Waals surface area contributed by atoms with Crippen molar-refractivity contribution < 1.29 is 17.9 Å². The average molecular weight is 259 g/mol. The first-order valence-corrected chi connectivity index (χ1v) is 6.98. The van der Waals surface area contributed by atoms with E-state index < -0.39 is 16.1 Å². The van der Waals surface area contributed by atoms with E-state index in [0.717, 1.165) is 0 Å². The summed E-state index contributed by atoms with van der Waals surface area (Å²) in [6.07, 6.45) is -0.0965. The molecule has 1 saturated heterocycles. The molecule has 0 amide bonds. The lowest BCUT2D eigenvalue weighted by Crippen LogP contribution is -2.30. The normalized spacial score (nSPS) is 21.9. The topological polar surface area (TPSA) is 57.6 Å². The first-order valence-electron chi connectivity index (χ1n) is 5.38. The summed E-state index contributed by atoms with van der Waals surface area (Å²) in [5, 5.41) is 9.31. The van der Waals surface area contributed by atoms with Gasteiger partial charge in [0.15, 0.2) is 0 Å². The average Bonchev–Trinajstić information content (AvgIpc) is 2.69. The van der Waals surface area contributed by atoms with E-state index in [9.17, 15) is 17.9 Å².